The van der Waals surface area contributed by atoms with Gasteiger partial charge in [-0.1, -0.05) is 52.5 Å². The summed E-state index contributed by atoms with van der Waals surface area (Å²) in [6.07, 6.45) is 0.596. The Morgan fingerprint density at radius 2 is 1.68 bits per heavy atom. The van der Waals surface area contributed by atoms with Crippen LogP contribution in [0.2, 0.25) is 20.1 Å². The summed E-state index contributed by atoms with van der Waals surface area (Å²) in [6, 6.07) is 8.63. The number of fused-ring (bicyclic) bond motifs is 1. The van der Waals surface area contributed by atoms with Crippen molar-refractivity contribution in [3.8, 4) is 11.1 Å². The first-order chi connectivity index (χ1) is 11.8. The summed E-state index contributed by atoms with van der Waals surface area (Å²) < 4.78 is 11.6. The number of nitrogens with one attached hydrogen (secondary N) is 1. The molecule has 0 aliphatic heterocycles. The second-order valence-corrected chi connectivity index (χ2v) is 8.72. The minimum atomic E-state index is -1.17. The van der Waals surface area contributed by atoms with E-state index in [0.29, 0.717) is 31.3 Å². The lowest BCUT2D eigenvalue weighted by molar-refractivity contribution is 0.199. The number of benzene rings is 2. The monoisotopic (exact) mass is 435 g/mol. The molecule has 25 heavy (non-hydrogen) atoms. The Labute approximate surface area is 167 Å². The zero-order valence-corrected chi connectivity index (χ0v) is 16.8. The second-order valence-electron chi connectivity index (χ2n) is 5.61. The van der Waals surface area contributed by atoms with Crippen molar-refractivity contribution in [2.24, 2.45) is 0 Å². The number of aromatic amines is 1. The third-order valence-corrected chi connectivity index (χ3v) is 6.05. The Hall–Kier alpha value is -0.750. The van der Waals surface area contributed by atoms with E-state index in [-0.39, 0.29) is 5.75 Å². The fourth-order valence-corrected chi connectivity index (χ4v) is 3.96. The van der Waals surface area contributed by atoms with Gasteiger partial charge in [0.05, 0.1) is 31.5 Å². The molecule has 2 unspecified atom stereocenters. The summed E-state index contributed by atoms with van der Waals surface area (Å²) >= 11 is 24.4. The molecular weight excluding hydrogens is 424 g/mol. The van der Waals surface area contributed by atoms with Gasteiger partial charge in [0.15, 0.2) is 0 Å². The Morgan fingerprint density at radius 3 is 2.32 bits per heavy atom. The SMILES string of the molecule is CS(=O)CC(O)c1[nH]c2cc(Cl)c(Cl)cc2c1-c1ccc(Cl)c(Cl)c1. The van der Waals surface area contributed by atoms with E-state index in [1.807, 2.05) is 0 Å². The first-order valence-corrected chi connectivity index (χ1v) is 10.5. The fraction of sp³-hybridized carbons (Fsp3) is 0.176. The summed E-state index contributed by atoms with van der Waals surface area (Å²) in [6.45, 7) is 0. The van der Waals surface area contributed by atoms with Crippen molar-refractivity contribution < 1.29 is 9.32 Å². The van der Waals surface area contributed by atoms with Crippen LogP contribution in [0, 0.1) is 0 Å². The van der Waals surface area contributed by atoms with E-state index in [0.717, 1.165) is 16.5 Å². The predicted octanol–water partition coefficient (Wildman–Crippen LogP) is 5.86. The highest BCUT2D eigenvalue weighted by Crippen LogP contribution is 2.40. The smallest absolute Gasteiger partial charge is 0.106 e. The largest absolute Gasteiger partial charge is 0.386 e. The van der Waals surface area contributed by atoms with Crippen LogP contribution in [-0.4, -0.2) is 26.3 Å². The molecule has 8 heteroatoms. The van der Waals surface area contributed by atoms with Gasteiger partial charge in [-0.25, -0.2) is 0 Å². The molecule has 2 atom stereocenters. The maximum Gasteiger partial charge on any atom is 0.106 e. The van der Waals surface area contributed by atoms with Crippen LogP contribution in [0.5, 0.6) is 0 Å². The molecule has 0 saturated heterocycles. The first-order valence-electron chi connectivity index (χ1n) is 7.22. The number of halogens is 4. The molecule has 0 aliphatic rings. The highest BCUT2D eigenvalue weighted by atomic mass is 35.5. The van der Waals surface area contributed by atoms with Crippen molar-refractivity contribution in [3.05, 3.63) is 56.1 Å². The van der Waals surface area contributed by atoms with Crippen LogP contribution in [0.15, 0.2) is 30.3 Å². The van der Waals surface area contributed by atoms with Crippen LogP contribution in [0.25, 0.3) is 22.0 Å². The van der Waals surface area contributed by atoms with Crippen LogP contribution in [-0.2, 0) is 10.8 Å². The zero-order chi connectivity index (χ0) is 18.3. The molecule has 2 N–H and O–H groups in total. The zero-order valence-electron chi connectivity index (χ0n) is 12.9. The lowest BCUT2D eigenvalue weighted by atomic mass is 10.00. The van der Waals surface area contributed by atoms with Gasteiger partial charge in [0.2, 0.25) is 0 Å². The van der Waals surface area contributed by atoms with Crippen LogP contribution in [0.3, 0.4) is 0 Å². The van der Waals surface area contributed by atoms with Crippen LogP contribution < -0.4 is 0 Å². The summed E-state index contributed by atoms with van der Waals surface area (Å²) in [7, 11) is -1.17. The predicted molar refractivity (Wildman–Crippen MR) is 108 cm³/mol. The van der Waals surface area contributed by atoms with Gasteiger partial charge in [-0.15, -0.1) is 0 Å². The van der Waals surface area contributed by atoms with E-state index in [2.05, 4.69) is 4.98 Å². The number of H-pyrrole nitrogens is 1. The van der Waals surface area contributed by atoms with Gasteiger partial charge in [-0.2, -0.15) is 0 Å². The van der Waals surface area contributed by atoms with Gasteiger partial charge < -0.3 is 10.1 Å². The Bertz CT molecular complexity index is 986. The molecule has 132 valence electrons. The van der Waals surface area contributed by atoms with Gasteiger partial charge in [0.1, 0.15) is 6.10 Å². The summed E-state index contributed by atoms with van der Waals surface area (Å²) in [5.41, 5.74) is 2.73. The minimum absolute atomic E-state index is 0.0998. The summed E-state index contributed by atoms with van der Waals surface area (Å²) in [5, 5.41) is 13.0. The Morgan fingerprint density at radius 1 is 1.04 bits per heavy atom. The molecule has 0 aliphatic carbocycles. The number of aromatic nitrogens is 1. The summed E-state index contributed by atoms with van der Waals surface area (Å²) in [5.74, 6) is 0.0998. The number of hydrogen-bond acceptors (Lipinski definition) is 2. The van der Waals surface area contributed by atoms with E-state index in [1.54, 1.807) is 36.6 Å². The molecule has 0 bridgehead atoms. The Kier molecular flexibility index (Phi) is 5.69. The lowest BCUT2D eigenvalue weighted by Gasteiger charge is -2.12. The highest BCUT2D eigenvalue weighted by Gasteiger charge is 2.22. The number of hydrogen-bond donors (Lipinski definition) is 2. The van der Waals surface area contributed by atoms with Gasteiger partial charge in [0, 0.05) is 33.5 Å². The third kappa shape index (κ3) is 3.85. The van der Waals surface area contributed by atoms with Gasteiger partial charge in [0.25, 0.3) is 0 Å². The average molecular weight is 437 g/mol. The number of rotatable bonds is 4. The molecule has 3 nitrogen and oxygen atoms in total. The van der Waals surface area contributed by atoms with E-state index in [4.69, 9.17) is 46.4 Å². The molecule has 1 heterocycles. The van der Waals surface area contributed by atoms with Gasteiger partial charge in [-0.05, 0) is 29.8 Å². The maximum atomic E-state index is 11.6. The number of aliphatic hydroxyl groups excluding tert-OH is 1. The highest BCUT2D eigenvalue weighted by molar-refractivity contribution is 7.84. The van der Waals surface area contributed by atoms with Gasteiger partial charge >= 0.3 is 0 Å². The van der Waals surface area contributed by atoms with Crippen molar-refractivity contribution in [3.63, 3.8) is 0 Å². The van der Waals surface area contributed by atoms with Crippen molar-refractivity contribution >= 4 is 68.1 Å². The van der Waals surface area contributed by atoms with Crippen LogP contribution in [0.4, 0.5) is 0 Å². The van der Waals surface area contributed by atoms with E-state index in [9.17, 15) is 9.32 Å². The standard InChI is InChI=1S/C17H13Cl4NO2S/c1-25(24)7-15(23)17-16(8-2-3-10(18)11(19)4-8)9-5-12(20)13(21)6-14(9)22-17/h2-6,15,22-23H,7H2,1H3. The molecule has 3 rings (SSSR count). The maximum absolute atomic E-state index is 11.6. The molecule has 2 aromatic carbocycles. The van der Waals surface area contributed by atoms with Crippen molar-refractivity contribution in [2.75, 3.05) is 12.0 Å². The van der Waals surface area contributed by atoms with Crippen molar-refractivity contribution in [2.45, 2.75) is 6.10 Å². The van der Waals surface area contributed by atoms with E-state index >= 15 is 0 Å². The minimum Gasteiger partial charge on any atom is -0.386 e. The van der Waals surface area contributed by atoms with Crippen molar-refractivity contribution in [1.29, 1.82) is 0 Å². The molecule has 0 saturated carbocycles. The number of aliphatic hydroxyl groups is 1. The fourth-order valence-electron chi connectivity index (χ4n) is 2.73. The third-order valence-electron chi connectivity index (χ3n) is 3.80. The average Bonchev–Trinajstić information content (AvgIpc) is 2.88. The van der Waals surface area contributed by atoms with Crippen LogP contribution in [0.1, 0.15) is 11.8 Å². The van der Waals surface area contributed by atoms with Gasteiger partial charge in [-0.3, -0.25) is 4.21 Å². The Balaban J connectivity index is 2.30. The quantitative estimate of drug-likeness (QED) is 0.537. The van der Waals surface area contributed by atoms with Crippen molar-refractivity contribution in [1.82, 2.24) is 4.98 Å². The topological polar surface area (TPSA) is 53.1 Å². The molecule has 0 spiro atoms. The van der Waals surface area contributed by atoms with E-state index < -0.39 is 16.9 Å². The molecule has 0 amide bonds. The normalized spacial score (nSPS) is 14.0. The summed E-state index contributed by atoms with van der Waals surface area (Å²) in [4.78, 5) is 3.17. The molecule has 3 aromatic rings. The second kappa shape index (κ2) is 7.47. The molecule has 0 fully saturated rings. The van der Waals surface area contributed by atoms with Crippen LogP contribution >= 0.6 is 46.4 Å². The first kappa shape index (κ1) is 19.0. The molecule has 1 aromatic heterocycles. The van der Waals surface area contributed by atoms with E-state index in [1.165, 1.54) is 0 Å². The molecular formula is C17H13Cl4NO2S. The molecule has 0 radical (unpaired) electrons. The lowest BCUT2D eigenvalue weighted by Crippen LogP contribution is -2.09.